The number of benzene rings is 1. The van der Waals surface area contributed by atoms with E-state index in [1.165, 1.54) is 11.1 Å². The van der Waals surface area contributed by atoms with Gasteiger partial charge in [0.2, 0.25) is 11.9 Å². The summed E-state index contributed by atoms with van der Waals surface area (Å²) in [5, 5.41) is 2.90. The molecule has 0 aliphatic carbocycles. The van der Waals surface area contributed by atoms with Gasteiger partial charge >= 0.3 is 0 Å². The number of amides is 1. The number of hydrogen-bond donors (Lipinski definition) is 2. The summed E-state index contributed by atoms with van der Waals surface area (Å²) in [6, 6.07) is 4.04. The largest absolute Gasteiger partial charge is 0.369 e. The van der Waals surface area contributed by atoms with E-state index in [1.54, 1.807) is 4.57 Å². The van der Waals surface area contributed by atoms with Crippen LogP contribution in [0.15, 0.2) is 12.1 Å². The number of carbonyl (C=O) groups excluding carboxylic acids is 1. The highest BCUT2D eigenvalue weighted by molar-refractivity contribution is 5.83. The molecule has 1 aromatic carbocycles. The Morgan fingerprint density at radius 1 is 1.35 bits per heavy atom. The molecule has 0 spiro atoms. The van der Waals surface area contributed by atoms with Crippen LogP contribution in [-0.4, -0.2) is 22.0 Å². The van der Waals surface area contributed by atoms with Gasteiger partial charge in [-0.3, -0.25) is 4.79 Å². The molecule has 1 heterocycles. The molecule has 0 radical (unpaired) electrons. The maximum atomic E-state index is 11.9. The number of rotatable bonds is 5. The van der Waals surface area contributed by atoms with E-state index in [1.807, 2.05) is 26.0 Å². The highest BCUT2D eigenvalue weighted by atomic mass is 16.1. The van der Waals surface area contributed by atoms with Crippen molar-refractivity contribution in [3.8, 4) is 0 Å². The number of hydrogen-bond acceptors (Lipinski definition) is 3. The normalized spacial score (nSPS) is 10.9. The quantitative estimate of drug-likeness (QED) is 0.821. The highest BCUT2D eigenvalue weighted by Crippen LogP contribution is 2.21. The molecule has 2 rings (SSSR count). The lowest BCUT2D eigenvalue weighted by atomic mass is 10.1. The predicted octanol–water partition coefficient (Wildman–Crippen LogP) is 2.15. The number of nitrogen functional groups attached to an aromatic ring is 1. The summed E-state index contributed by atoms with van der Waals surface area (Å²) in [4.78, 5) is 16.2. The zero-order chi connectivity index (χ0) is 14.7. The predicted molar refractivity (Wildman–Crippen MR) is 81.5 cm³/mol. The van der Waals surface area contributed by atoms with Crippen LogP contribution in [0.5, 0.6) is 0 Å². The van der Waals surface area contributed by atoms with Gasteiger partial charge in [-0.1, -0.05) is 13.3 Å². The lowest BCUT2D eigenvalue weighted by molar-refractivity contribution is -0.121. The average Bonchev–Trinajstić information content (AvgIpc) is 2.67. The van der Waals surface area contributed by atoms with Crippen LogP contribution in [0.2, 0.25) is 0 Å². The number of nitrogens with one attached hydrogen (secondary N) is 1. The van der Waals surface area contributed by atoms with Crippen molar-refractivity contribution in [3.63, 3.8) is 0 Å². The number of carbonyl (C=O) groups is 1. The maximum Gasteiger partial charge on any atom is 0.240 e. The van der Waals surface area contributed by atoms with E-state index >= 15 is 0 Å². The van der Waals surface area contributed by atoms with Crippen molar-refractivity contribution < 1.29 is 4.79 Å². The summed E-state index contributed by atoms with van der Waals surface area (Å²) < 4.78 is 1.77. The van der Waals surface area contributed by atoms with Crippen LogP contribution in [0.1, 0.15) is 30.9 Å². The van der Waals surface area contributed by atoms with Gasteiger partial charge in [0.25, 0.3) is 0 Å². The van der Waals surface area contributed by atoms with Crippen LogP contribution in [0.3, 0.4) is 0 Å². The Kier molecular flexibility index (Phi) is 4.27. The van der Waals surface area contributed by atoms with E-state index in [-0.39, 0.29) is 12.5 Å². The first-order valence-corrected chi connectivity index (χ1v) is 7.02. The summed E-state index contributed by atoms with van der Waals surface area (Å²) in [6.45, 7) is 7.11. The zero-order valence-corrected chi connectivity index (χ0v) is 12.4. The van der Waals surface area contributed by atoms with Gasteiger partial charge in [0.1, 0.15) is 6.54 Å². The minimum atomic E-state index is -0.0253. The van der Waals surface area contributed by atoms with E-state index in [9.17, 15) is 4.79 Å². The number of anilines is 1. The van der Waals surface area contributed by atoms with Crippen molar-refractivity contribution in [3.05, 3.63) is 23.3 Å². The number of unbranched alkanes of at least 4 members (excludes halogenated alkanes) is 1. The van der Waals surface area contributed by atoms with Crippen LogP contribution in [-0.2, 0) is 11.3 Å². The molecule has 5 heteroatoms. The molecule has 5 nitrogen and oxygen atoms in total. The van der Waals surface area contributed by atoms with Gasteiger partial charge in [-0.25, -0.2) is 4.98 Å². The van der Waals surface area contributed by atoms with Crippen LogP contribution in [0, 0.1) is 13.8 Å². The van der Waals surface area contributed by atoms with E-state index < -0.39 is 0 Å². The standard InChI is InChI=1S/C15H22N4O/c1-4-5-6-17-14(20)9-19-13-8-11(3)10(2)7-12(13)18-15(19)16/h7-8H,4-6,9H2,1-3H3,(H2,16,18)(H,17,20). The fraction of sp³-hybridized carbons (Fsp3) is 0.467. The minimum absolute atomic E-state index is 0.0253. The van der Waals surface area contributed by atoms with Crippen molar-refractivity contribution in [2.75, 3.05) is 12.3 Å². The Hall–Kier alpha value is -2.04. The molecular weight excluding hydrogens is 252 g/mol. The van der Waals surface area contributed by atoms with Gasteiger partial charge in [-0.2, -0.15) is 0 Å². The van der Waals surface area contributed by atoms with Gasteiger partial charge < -0.3 is 15.6 Å². The van der Waals surface area contributed by atoms with E-state index in [0.29, 0.717) is 12.5 Å². The maximum absolute atomic E-state index is 11.9. The highest BCUT2D eigenvalue weighted by Gasteiger charge is 2.12. The number of nitrogens with two attached hydrogens (primary N) is 1. The molecule has 1 amide bonds. The van der Waals surface area contributed by atoms with Crippen LogP contribution in [0.25, 0.3) is 11.0 Å². The molecule has 0 aliphatic heterocycles. The van der Waals surface area contributed by atoms with Gasteiger partial charge in [-0.15, -0.1) is 0 Å². The molecular formula is C15H22N4O. The monoisotopic (exact) mass is 274 g/mol. The third kappa shape index (κ3) is 2.92. The molecule has 0 unspecified atom stereocenters. The van der Waals surface area contributed by atoms with Crippen molar-refractivity contribution in [2.45, 2.75) is 40.2 Å². The number of fused-ring (bicyclic) bond motifs is 1. The lowest BCUT2D eigenvalue weighted by Gasteiger charge is -2.08. The average molecular weight is 274 g/mol. The third-order valence-electron chi connectivity index (χ3n) is 3.55. The fourth-order valence-corrected chi connectivity index (χ4v) is 2.17. The molecule has 0 saturated carbocycles. The van der Waals surface area contributed by atoms with Gasteiger partial charge in [0.15, 0.2) is 0 Å². The van der Waals surface area contributed by atoms with Crippen LogP contribution < -0.4 is 11.1 Å². The van der Waals surface area contributed by atoms with E-state index in [4.69, 9.17) is 5.73 Å². The van der Waals surface area contributed by atoms with Crippen molar-refractivity contribution in [1.29, 1.82) is 0 Å². The first kappa shape index (κ1) is 14.4. The van der Waals surface area contributed by atoms with Crippen molar-refractivity contribution in [2.24, 2.45) is 0 Å². The molecule has 0 fully saturated rings. The molecule has 108 valence electrons. The SMILES string of the molecule is CCCCNC(=O)Cn1c(N)nc2cc(C)c(C)cc21. The minimum Gasteiger partial charge on any atom is -0.369 e. The van der Waals surface area contributed by atoms with Gasteiger partial charge in [0.05, 0.1) is 11.0 Å². The summed E-state index contributed by atoms with van der Waals surface area (Å²) >= 11 is 0. The second kappa shape index (κ2) is 5.94. The molecule has 0 bridgehead atoms. The molecule has 0 saturated heterocycles. The van der Waals surface area contributed by atoms with Gasteiger partial charge in [0, 0.05) is 6.54 Å². The smallest absolute Gasteiger partial charge is 0.240 e. The second-order valence-electron chi connectivity index (χ2n) is 5.18. The molecule has 0 atom stereocenters. The van der Waals surface area contributed by atoms with Crippen molar-refractivity contribution in [1.82, 2.24) is 14.9 Å². The molecule has 20 heavy (non-hydrogen) atoms. The Bertz CT molecular complexity index is 630. The number of aromatic nitrogens is 2. The molecule has 3 N–H and O–H groups in total. The first-order chi connectivity index (χ1) is 9.52. The number of imidazole rings is 1. The molecule has 2 aromatic rings. The lowest BCUT2D eigenvalue weighted by Crippen LogP contribution is -2.28. The van der Waals surface area contributed by atoms with E-state index in [2.05, 4.69) is 17.2 Å². The second-order valence-corrected chi connectivity index (χ2v) is 5.18. The van der Waals surface area contributed by atoms with Crippen LogP contribution >= 0.6 is 0 Å². The topological polar surface area (TPSA) is 72.9 Å². The summed E-state index contributed by atoms with van der Waals surface area (Å²) in [7, 11) is 0. The van der Waals surface area contributed by atoms with E-state index in [0.717, 1.165) is 23.9 Å². The third-order valence-corrected chi connectivity index (χ3v) is 3.55. The Balaban J connectivity index is 2.23. The summed E-state index contributed by atoms with van der Waals surface area (Å²) in [5.74, 6) is 0.360. The molecule has 0 aliphatic rings. The number of nitrogens with zero attached hydrogens (tertiary/aromatic N) is 2. The number of aryl methyl sites for hydroxylation is 2. The van der Waals surface area contributed by atoms with Crippen LogP contribution in [0.4, 0.5) is 5.95 Å². The summed E-state index contributed by atoms with van der Waals surface area (Å²) in [5.41, 5.74) is 10.0. The zero-order valence-electron chi connectivity index (χ0n) is 12.4. The fourth-order valence-electron chi connectivity index (χ4n) is 2.17. The summed E-state index contributed by atoms with van der Waals surface area (Å²) in [6.07, 6.45) is 2.05. The molecule has 1 aromatic heterocycles. The van der Waals surface area contributed by atoms with Crippen molar-refractivity contribution >= 4 is 22.9 Å². The Labute approximate surface area is 119 Å². The van der Waals surface area contributed by atoms with Gasteiger partial charge in [-0.05, 0) is 43.5 Å². The Morgan fingerprint density at radius 2 is 2.05 bits per heavy atom. The Morgan fingerprint density at radius 3 is 2.75 bits per heavy atom. The first-order valence-electron chi connectivity index (χ1n) is 7.02.